The van der Waals surface area contributed by atoms with Gasteiger partial charge in [-0.1, -0.05) is 42.5 Å². The van der Waals surface area contributed by atoms with E-state index in [-0.39, 0.29) is 39.5 Å². The molecule has 32 heavy (non-hydrogen) atoms. The van der Waals surface area contributed by atoms with Crippen LogP contribution in [0.15, 0.2) is 93.0 Å². The van der Waals surface area contributed by atoms with Gasteiger partial charge in [-0.3, -0.25) is 4.79 Å². The van der Waals surface area contributed by atoms with E-state index in [0.717, 1.165) is 0 Å². The molecule has 0 unspecified atom stereocenters. The summed E-state index contributed by atoms with van der Waals surface area (Å²) in [5.74, 6) is -0.731. The van der Waals surface area contributed by atoms with Gasteiger partial charge in [0.2, 0.25) is 11.3 Å². The number of para-hydroxylation sites is 1. The molecular formula is C24H19NO6S. The lowest BCUT2D eigenvalue weighted by Gasteiger charge is -2.13. The van der Waals surface area contributed by atoms with Gasteiger partial charge < -0.3 is 9.15 Å². The Hall–Kier alpha value is -3.91. The third kappa shape index (κ3) is 4.13. The molecular weight excluding hydrogens is 430 g/mol. The summed E-state index contributed by atoms with van der Waals surface area (Å²) in [5.41, 5.74) is 0.757. The van der Waals surface area contributed by atoms with Crippen molar-refractivity contribution in [2.75, 3.05) is 11.3 Å². The Morgan fingerprint density at radius 2 is 1.59 bits per heavy atom. The highest BCUT2D eigenvalue weighted by Gasteiger charge is 2.22. The highest BCUT2D eigenvalue weighted by molar-refractivity contribution is 7.92. The van der Waals surface area contributed by atoms with Crippen LogP contribution >= 0.6 is 0 Å². The first-order valence-corrected chi connectivity index (χ1v) is 11.3. The van der Waals surface area contributed by atoms with Crippen molar-refractivity contribution >= 4 is 32.8 Å². The zero-order chi connectivity index (χ0) is 22.7. The molecule has 0 atom stereocenters. The monoisotopic (exact) mass is 449 g/mol. The summed E-state index contributed by atoms with van der Waals surface area (Å²) < 4.78 is 39.2. The molecule has 0 saturated carbocycles. The average Bonchev–Trinajstić information content (AvgIpc) is 2.80. The second-order valence-electron chi connectivity index (χ2n) is 6.85. The molecule has 4 aromatic rings. The van der Waals surface area contributed by atoms with E-state index in [9.17, 15) is 18.0 Å². The van der Waals surface area contributed by atoms with Crippen LogP contribution in [0.5, 0.6) is 0 Å². The van der Waals surface area contributed by atoms with Crippen LogP contribution in [0.2, 0.25) is 0 Å². The van der Waals surface area contributed by atoms with Gasteiger partial charge >= 0.3 is 5.97 Å². The van der Waals surface area contributed by atoms with Gasteiger partial charge in [-0.05, 0) is 48.9 Å². The molecule has 1 aromatic heterocycles. The number of carbonyl (C=O) groups excluding carboxylic acids is 1. The van der Waals surface area contributed by atoms with Gasteiger partial charge in [0, 0.05) is 0 Å². The van der Waals surface area contributed by atoms with Gasteiger partial charge in [-0.2, -0.15) is 0 Å². The molecule has 0 aliphatic heterocycles. The van der Waals surface area contributed by atoms with E-state index in [0.29, 0.717) is 10.9 Å². The van der Waals surface area contributed by atoms with Crippen LogP contribution in [0.3, 0.4) is 0 Å². The molecule has 0 bridgehead atoms. The van der Waals surface area contributed by atoms with E-state index >= 15 is 0 Å². The summed E-state index contributed by atoms with van der Waals surface area (Å²) in [6.45, 7) is 1.89. The molecule has 4 rings (SSSR count). The Morgan fingerprint density at radius 1 is 0.938 bits per heavy atom. The minimum atomic E-state index is -4.12. The Morgan fingerprint density at radius 3 is 2.28 bits per heavy atom. The molecule has 1 N–H and O–H groups in total. The number of esters is 1. The maximum absolute atomic E-state index is 13.2. The van der Waals surface area contributed by atoms with Crippen LogP contribution in [-0.2, 0) is 14.8 Å². The van der Waals surface area contributed by atoms with Gasteiger partial charge in [0.1, 0.15) is 5.58 Å². The molecule has 8 heteroatoms. The molecule has 0 saturated heterocycles. The minimum Gasteiger partial charge on any atom is -0.462 e. The lowest BCUT2D eigenvalue weighted by molar-refractivity contribution is 0.0526. The van der Waals surface area contributed by atoms with Crippen molar-refractivity contribution in [1.29, 1.82) is 0 Å². The second-order valence-corrected chi connectivity index (χ2v) is 8.53. The van der Waals surface area contributed by atoms with E-state index in [1.807, 2.05) is 0 Å². The fourth-order valence-electron chi connectivity index (χ4n) is 3.25. The SMILES string of the molecule is CCOC(=O)c1ccc(S(=O)(=O)Nc2oc3ccccc3c(=O)c2-c2ccccc2)cc1. The first-order valence-electron chi connectivity index (χ1n) is 9.82. The second kappa shape index (κ2) is 8.68. The van der Waals surface area contributed by atoms with Gasteiger partial charge in [0.05, 0.1) is 28.0 Å². The summed E-state index contributed by atoms with van der Waals surface area (Å²) in [4.78, 5) is 24.9. The van der Waals surface area contributed by atoms with Crippen molar-refractivity contribution < 1.29 is 22.4 Å². The number of ether oxygens (including phenoxy) is 1. The lowest BCUT2D eigenvalue weighted by atomic mass is 10.0. The van der Waals surface area contributed by atoms with Crippen LogP contribution in [0.4, 0.5) is 5.88 Å². The zero-order valence-corrected chi connectivity index (χ0v) is 17.9. The third-order valence-corrected chi connectivity index (χ3v) is 6.11. The van der Waals surface area contributed by atoms with E-state index in [2.05, 4.69) is 4.72 Å². The maximum atomic E-state index is 13.2. The van der Waals surface area contributed by atoms with Crippen molar-refractivity contribution in [3.05, 3.63) is 94.6 Å². The van der Waals surface area contributed by atoms with Crippen LogP contribution in [0.25, 0.3) is 22.1 Å². The van der Waals surface area contributed by atoms with Crippen molar-refractivity contribution in [3.8, 4) is 11.1 Å². The van der Waals surface area contributed by atoms with E-state index in [1.54, 1.807) is 61.5 Å². The zero-order valence-electron chi connectivity index (χ0n) is 17.1. The smallest absolute Gasteiger partial charge is 0.338 e. The highest BCUT2D eigenvalue weighted by Crippen LogP contribution is 2.30. The van der Waals surface area contributed by atoms with Gasteiger partial charge in [-0.25, -0.2) is 17.9 Å². The van der Waals surface area contributed by atoms with E-state index < -0.39 is 16.0 Å². The topological polar surface area (TPSA) is 103 Å². The first kappa shape index (κ1) is 21.3. The maximum Gasteiger partial charge on any atom is 0.338 e. The minimum absolute atomic E-state index is 0.0969. The van der Waals surface area contributed by atoms with Crippen LogP contribution < -0.4 is 10.2 Å². The number of hydrogen-bond acceptors (Lipinski definition) is 6. The molecule has 0 aliphatic rings. The summed E-state index contributed by atoms with van der Waals surface area (Å²) in [6, 6.07) is 20.6. The molecule has 0 spiro atoms. The number of anilines is 1. The molecule has 1 heterocycles. The summed E-state index contributed by atoms with van der Waals surface area (Å²) in [6.07, 6.45) is 0. The number of benzene rings is 3. The molecule has 0 aliphatic carbocycles. The van der Waals surface area contributed by atoms with E-state index in [1.165, 1.54) is 24.3 Å². The Balaban J connectivity index is 1.80. The molecule has 0 amide bonds. The van der Waals surface area contributed by atoms with Crippen molar-refractivity contribution in [3.63, 3.8) is 0 Å². The third-order valence-electron chi connectivity index (χ3n) is 4.76. The normalized spacial score (nSPS) is 11.3. The number of sulfonamides is 1. The number of rotatable bonds is 6. The van der Waals surface area contributed by atoms with Crippen LogP contribution in [-0.4, -0.2) is 21.0 Å². The molecule has 0 radical (unpaired) electrons. The predicted molar refractivity (Wildman–Crippen MR) is 121 cm³/mol. The fraction of sp³-hybridized carbons (Fsp3) is 0.0833. The number of hydrogen-bond donors (Lipinski definition) is 1. The van der Waals surface area contributed by atoms with Crippen LogP contribution in [0, 0.1) is 0 Å². The quantitative estimate of drug-likeness (QED) is 0.437. The largest absolute Gasteiger partial charge is 0.462 e. The van der Waals surface area contributed by atoms with Crippen LogP contribution in [0.1, 0.15) is 17.3 Å². The number of carbonyl (C=O) groups is 1. The van der Waals surface area contributed by atoms with Gasteiger partial charge in [0.15, 0.2) is 0 Å². The molecule has 0 fully saturated rings. The highest BCUT2D eigenvalue weighted by atomic mass is 32.2. The van der Waals surface area contributed by atoms with Gasteiger partial charge in [0.25, 0.3) is 10.0 Å². The Bertz CT molecular complexity index is 1440. The number of fused-ring (bicyclic) bond motifs is 1. The lowest BCUT2D eigenvalue weighted by Crippen LogP contribution is -2.17. The Labute approximate surface area is 184 Å². The predicted octanol–water partition coefficient (Wildman–Crippen LogP) is 4.44. The first-order chi connectivity index (χ1) is 15.4. The Kier molecular flexibility index (Phi) is 5.79. The van der Waals surface area contributed by atoms with Crippen molar-refractivity contribution in [2.45, 2.75) is 11.8 Å². The van der Waals surface area contributed by atoms with E-state index in [4.69, 9.17) is 9.15 Å². The molecule has 7 nitrogen and oxygen atoms in total. The summed E-state index contributed by atoms with van der Waals surface area (Å²) in [5, 5.41) is 0.341. The fourth-order valence-corrected chi connectivity index (χ4v) is 4.25. The molecule has 162 valence electrons. The molecule has 3 aromatic carbocycles. The standard InChI is InChI=1S/C24H19NO6S/c1-2-30-24(27)17-12-14-18(15-13-17)32(28,29)25-23-21(16-8-4-3-5-9-16)22(26)19-10-6-7-11-20(19)31-23/h3-15,25H,2H2,1H3. The summed E-state index contributed by atoms with van der Waals surface area (Å²) in [7, 11) is -4.12. The number of nitrogens with one attached hydrogen (secondary N) is 1. The van der Waals surface area contributed by atoms with Crippen molar-refractivity contribution in [1.82, 2.24) is 0 Å². The van der Waals surface area contributed by atoms with Gasteiger partial charge in [-0.15, -0.1) is 0 Å². The average molecular weight is 449 g/mol. The summed E-state index contributed by atoms with van der Waals surface area (Å²) >= 11 is 0. The van der Waals surface area contributed by atoms with Crippen molar-refractivity contribution in [2.24, 2.45) is 0 Å².